The highest BCUT2D eigenvalue weighted by Gasteiger charge is 2.46. The van der Waals surface area contributed by atoms with Gasteiger partial charge >= 0.3 is 0 Å². The number of likely N-dealkylation sites (tertiary alicyclic amines) is 1. The van der Waals surface area contributed by atoms with Crippen LogP contribution in [0.5, 0.6) is 0 Å². The van der Waals surface area contributed by atoms with E-state index in [0.29, 0.717) is 18.7 Å². The van der Waals surface area contributed by atoms with Gasteiger partial charge in [-0.05, 0) is 90.5 Å². The fourth-order valence-corrected chi connectivity index (χ4v) is 5.55. The highest BCUT2D eigenvalue weighted by atomic mass is 19.1. The smallest absolute Gasteiger partial charge is 0.258 e. The van der Waals surface area contributed by atoms with Crippen LogP contribution in [-0.4, -0.2) is 30.4 Å². The van der Waals surface area contributed by atoms with Crippen molar-refractivity contribution in [2.45, 2.75) is 51.0 Å². The minimum atomic E-state index is -0.269. The van der Waals surface area contributed by atoms with Crippen LogP contribution in [0.4, 0.5) is 14.5 Å². The van der Waals surface area contributed by atoms with Crippen LogP contribution in [-0.2, 0) is 17.4 Å². The number of halogens is 2. The van der Waals surface area contributed by atoms with Gasteiger partial charge in [0.2, 0.25) is 0 Å². The molecule has 0 aromatic heterocycles. The molecule has 182 valence electrons. The molecular weight excluding hydrogens is 442 g/mol. The van der Waals surface area contributed by atoms with Gasteiger partial charge in [0.05, 0.1) is 0 Å². The lowest BCUT2D eigenvalue weighted by molar-refractivity contribution is 0.0975. The molecule has 1 amide bonds. The zero-order valence-electron chi connectivity index (χ0n) is 20.7. The normalized spacial score (nSPS) is 17.6. The van der Waals surface area contributed by atoms with Gasteiger partial charge in [-0.25, -0.2) is 8.78 Å². The summed E-state index contributed by atoms with van der Waals surface area (Å²) >= 11 is 0. The molecule has 0 radical (unpaired) electrons. The van der Waals surface area contributed by atoms with Gasteiger partial charge in [0, 0.05) is 29.8 Å². The van der Waals surface area contributed by atoms with Crippen molar-refractivity contribution >= 4 is 11.6 Å². The number of fused-ring (bicyclic) bond motifs is 2. The molecule has 2 aliphatic rings. The second-order valence-electron chi connectivity index (χ2n) is 11.1. The van der Waals surface area contributed by atoms with Crippen LogP contribution in [0.15, 0.2) is 66.7 Å². The predicted molar refractivity (Wildman–Crippen MR) is 136 cm³/mol. The number of carbonyl (C=O) groups excluding carboxylic acids is 1. The van der Waals surface area contributed by atoms with Gasteiger partial charge in [-0.2, -0.15) is 0 Å². The minimum absolute atomic E-state index is 0.0168. The molecule has 0 bridgehead atoms. The third kappa shape index (κ3) is 4.62. The number of nitrogens with zero attached hydrogens (tertiary/aromatic N) is 2. The fourth-order valence-electron chi connectivity index (χ4n) is 5.55. The van der Waals surface area contributed by atoms with Crippen LogP contribution in [0.25, 0.3) is 0 Å². The van der Waals surface area contributed by atoms with E-state index >= 15 is 0 Å². The van der Waals surface area contributed by atoms with Crippen LogP contribution >= 0.6 is 0 Å². The first-order valence-electron chi connectivity index (χ1n) is 12.3. The third-order valence-corrected chi connectivity index (χ3v) is 7.63. The molecular formula is C30H32F2N2O. The van der Waals surface area contributed by atoms with Gasteiger partial charge in [0.25, 0.3) is 5.91 Å². The second-order valence-corrected chi connectivity index (χ2v) is 11.1. The summed E-state index contributed by atoms with van der Waals surface area (Å²) in [5.74, 6) is -0.535. The number of hydrogen-bond acceptors (Lipinski definition) is 2. The SMILES string of the molecule is CC(C)(C)c1ccc(C(=O)N2CC3(CCN(Cc4cccc(F)c4)CC3)c3cc(F)ccc32)cc1. The number of rotatable bonds is 3. The minimum Gasteiger partial charge on any atom is -0.307 e. The van der Waals surface area contributed by atoms with E-state index in [1.165, 1.54) is 17.7 Å². The van der Waals surface area contributed by atoms with Gasteiger partial charge in [-0.15, -0.1) is 0 Å². The highest BCUT2D eigenvalue weighted by molar-refractivity contribution is 6.07. The monoisotopic (exact) mass is 474 g/mol. The van der Waals surface area contributed by atoms with Gasteiger partial charge < -0.3 is 4.90 Å². The van der Waals surface area contributed by atoms with E-state index in [2.05, 4.69) is 25.7 Å². The van der Waals surface area contributed by atoms with Gasteiger partial charge in [0.15, 0.2) is 0 Å². The van der Waals surface area contributed by atoms with Crippen LogP contribution in [0.2, 0.25) is 0 Å². The van der Waals surface area contributed by atoms with E-state index in [1.54, 1.807) is 24.3 Å². The van der Waals surface area contributed by atoms with E-state index in [0.717, 1.165) is 42.7 Å². The fraction of sp³-hybridized carbons (Fsp3) is 0.367. The Morgan fingerprint density at radius 1 is 0.914 bits per heavy atom. The molecule has 3 aromatic rings. The van der Waals surface area contributed by atoms with Crippen molar-refractivity contribution in [2.75, 3.05) is 24.5 Å². The first kappa shape index (κ1) is 23.7. The largest absolute Gasteiger partial charge is 0.307 e. The van der Waals surface area contributed by atoms with Crippen LogP contribution in [0.1, 0.15) is 60.7 Å². The maximum absolute atomic E-state index is 14.4. The van der Waals surface area contributed by atoms with Crippen LogP contribution < -0.4 is 4.90 Å². The summed E-state index contributed by atoms with van der Waals surface area (Å²) < 4.78 is 28.0. The standard InChI is InChI=1S/C30H32F2N2O/c1-29(2,3)23-9-7-22(8-10-23)28(35)34-20-30(26-18-25(32)11-12-27(26)34)13-15-33(16-14-30)19-21-5-4-6-24(31)17-21/h4-12,17-18H,13-16,19-20H2,1-3H3. The van der Waals surface area contributed by atoms with Gasteiger partial charge in [-0.3, -0.25) is 9.69 Å². The van der Waals surface area contributed by atoms with E-state index in [4.69, 9.17) is 0 Å². The number of piperidine rings is 1. The van der Waals surface area contributed by atoms with Crippen molar-refractivity contribution in [1.29, 1.82) is 0 Å². The third-order valence-electron chi connectivity index (χ3n) is 7.63. The average Bonchev–Trinajstić information content (AvgIpc) is 3.13. The average molecular weight is 475 g/mol. The molecule has 35 heavy (non-hydrogen) atoms. The Morgan fingerprint density at radius 3 is 2.26 bits per heavy atom. The number of anilines is 1. The number of benzene rings is 3. The lowest BCUT2D eigenvalue weighted by atomic mass is 9.74. The highest BCUT2D eigenvalue weighted by Crippen LogP contribution is 2.48. The second kappa shape index (κ2) is 8.87. The summed E-state index contributed by atoms with van der Waals surface area (Å²) in [5, 5.41) is 0. The number of amides is 1. The Kier molecular flexibility index (Phi) is 6.00. The van der Waals surface area contributed by atoms with E-state index in [-0.39, 0.29) is 28.4 Å². The van der Waals surface area contributed by atoms with Crippen molar-refractivity contribution in [3.8, 4) is 0 Å². The topological polar surface area (TPSA) is 23.6 Å². The van der Waals surface area contributed by atoms with E-state index in [1.807, 2.05) is 35.2 Å². The van der Waals surface area contributed by atoms with Gasteiger partial charge in [-0.1, -0.05) is 45.0 Å². The molecule has 1 fully saturated rings. The molecule has 0 saturated carbocycles. The van der Waals surface area contributed by atoms with Crippen LogP contribution in [0, 0.1) is 11.6 Å². The quantitative estimate of drug-likeness (QED) is 0.435. The van der Waals surface area contributed by atoms with Crippen molar-refractivity contribution in [3.05, 3.63) is 101 Å². The Bertz CT molecular complexity index is 1240. The summed E-state index contributed by atoms with van der Waals surface area (Å²) in [7, 11) is 0. The first-order chi connectivity index (χ1) is 16.6. The van der Waals surface area contributed by atoms with Crippen molar-refractivity contribution < 1.29 is 13.6 Å². The molecule has 0 atom stereocenters. The van der Waals surface area contributed by atoms with Gasteiger partial charge in [0.1, 0.15) is 11.6 Å². The Labute approximate surface area is 206 Å². The maximum Gasteiger partial charge on any atom is 0.258 e. The molecule has 5 heteroatoms. The van der Waals surface area contributed by atoms with Crippen molar-refractivity contribution in [1.82, 2.24) is 4.90 Å². The van der Waals surface area contributed by atoms with Crippen LogP contribution in [0.3, 0.4) is 0 Å². The van der Waals surface area contributed by atoms with E-state index < -0.39 is 0 Å². The Hall–Kier alpha value is -3.05. The lowest BCUT2D eigenvalue weighted by Crippen LogP contribution is -2.45. The Morgan fingerprint density at radius 2 is 1.60 bits per heavy atom. The molecule has 1 saturated heterocycles. The zero-order chi connectivity index (χ0) is 24.8. The summed E-state index contributed by atoms with van der Waals surface area (Å²) in [4.78, 5) is 17.8. The van der Waals surface area contributed by atoms with Crippen molar-refractivity contribution in [2.24, 2.45) is 0 Å². The maximum atomic E-state index is 14.4. The predicted octanol–water partition coefficient (Wildman–Crippen LogP) is 6.46. The molecule has 3 nitrogen and oxygen atoms in total. The molecule has 0 unspecified atom stereocenters. The molecule has 0 N–H and O–H groups in total. The number of carbonyl (C=O) groups is 1. The molecule has 2 heterocycles. The summed E-state index contributed by atoms with van der Waals surface area (Å²) in [6.07, 6.45) is 1.65. The zero-order valence-corrected chi connectivity index (χ0v) is 20.7. The molecule has 1 spiro atoms. The molecule has 0 aliphatic carbocycles. The molecule has 3 aromatic carbocycles. The summed E-state index contributed by atoms with van der Waals surface area (Å²) in [6, 6.07) is 19.4. The van der Waals surface area contributed by atoms with Crippen molar-refractivity contribution in [3.63, 3.8) is 0 Å². The number of hydrogen-bond donors (Lipinski definition) is 0. The lowest BCUT2D eigenvalue weighted by Gasteiger charge is -2.40. The molecule has 2 aliphatic heterocycles. The first-order valence-corrected chi connectivity index (χ1v) is 12.3. The van der Waals surface area contributed by atoms with E-state index in [9.17, 15) is 13.6 Å². The summed E-state index contributed by atoms with van der Waals surface area (Å²) in [5.41, 5.74) is 4.28. The molecule has 5 rings (SSSR count). The summed E-state index contributed by atoms with van der Waals surface area (Å²) in [6.45, 7) is 9.33. The Balaban J connectivity index is 1.37.